The van der Waals surface area contributed by atoms with E-state index in [1.165, 1.54) is 5.56 Å². The van der Waals surface area contributed by atoms with Crippen LogP contribution in [0.15, 0.2) is 18.2 Å². The molecule has 1 aliphatic heterocycles. The molecule has 1 unspecified atom stereocenters. The molecule has 3 heteroatoms. The fourth-order valence-electron chi connectivity index (χ4n) is 1.99. The van der Waals surface area contributed by atoms with Crippen molar-refractivity contribution >= 4 is 0 Å². The Bertz CT molecular complexity index is 347. The fraction of sp³-hybridized carbons (Fsp3) is 0.538. The highest BCUT2D eigenvalue weighted by Crippen LogP contribution is 2.32. The molecular formula is C13H18O3. The standard InChI is InChI=1S/C13H18O3/c1-13(4-5-16-13)9-10-6-11(14-2)8-12(7-10)15-3/h6-8H,4-5,9H2,1-3H3. The number of hydrogen-bond donors (Lipinski definition) is 0. The zero-order valence-electron chi connectivity index (χ0n) is 10.1. The molecule has 0 amide bonds. The molecule has 1 saturated heterocycles. The van der Waals surface area contributed by atoms with Gasteiger partial charge >= 0.3 is 0 Å². The quantitative estimate of drug-likeness (QED) is 0.783. The molecule has 2 rings (SSSR count). The first kappa shape index (κ1) is 11.3. The summed E-state index contributed by atoms with van der Waals surface area (Å²) in [5, 5.41) is 0. The summed E-state index contributed by atoms with van der Waals surface area (Å²) in [7, 11) is 3.33. The Morgan fingerprint density at radius 2 is 1.75 bits per heavy atom. The number of ether oxygens (including phenoxy) is 3. The van der Waals surface area contributed by atoms with Gasteiger partial charge in [0.15, 0.2) is 0 Å². The van der Waals surface area contributed by atoms with E-state index in [-0.39, 0.29) is 5.60 Å². The monoisotopic (exact) mass is 222 g/mol. The number of benzene rings is 1. The summed E-state index contributed by atoms with van der Waals surface area (Å²) < 4.78 is 16.1. The lowest BCUT2D eigenvalue weighted by molar-refractivity contribution is -0.132. The minimum Gasteiger partial charge on any atom is -0.497 e. The summed E-state index contributed by atoms with van der Waals surface area (Å²) in [6, 6.07) is 5.96. The van der Waals surface area contributed by atoms with Gasteiger partial charge < -0.3 is 14.2 Å². The summed E-state index contributed by atoms with van der Waals surface area (Å²) in [4.78, 5) is 0. The number of rotatable bonds is 4. The maximum atomic E-state index is 5.59. The molecule has 0 bridgehead atoms. The minimum atomic E-state index is -0.00260. The van der Waals surface area contributed by atoms with E-state index in [1.807, 2.05) is 18.2 Å². The molecule has 0 spiro atoms. The Kier molecular flexibility index (Phi) is 3.06. The Labute approximate surface area is 96.3 Å². The second kappa shape index (κ2) is 4.34. The molecule has 1 atom stereocenters. The van der Waals surface area contributed by atoms with E-state index < -0.39 is 0 Å². The predicted molar refractivity (Wildman–Crippen MR) is 62.2 cm³/mol. The lowest BCUT2D eigenvalue weighted by Gasteiger charge is -2.38. The molecule has 0 aromatic heterocycles. The van der Waals surface area contributed by atoms with E-state index in [0.29, 0.717) is 0 Å². The average Bonchev–Trinajstić information content (AvgIpc) is 2.26. The number of hydrogen-bond acceptors (Lipinski definition) is 3. The molecule has 1 heterocycles. The topological polar surface area (TPSA) is 27.7 Å². The zero-order chi connectivity index (χ0) is 11.6. The van der Waals surface area contributed by atoms with Crippen LogP contribution < -0.4 is 9.47 Å². The summed E-state index contributed by atoms with van der Waals surface area (Å²) >= 11 is 0. The first-order chi connectivity index (χ1) is 7.65. The van der Waals surface area contributed by atoms with Crippen molar-refractivity contribution in [3.8, 4) is 11.5 Å². The van der Waals surface area contributed by atoms with Gasteiger partial charge in [0.05, 0.1) is 26.4 Å². The van der Waals surface area contributed by atoms with E-state index in [0.717, 1.165) is 30.9 Å². The van der Waals surface area contributed by atoms with Gasteiger partial charge in [-0.2, -0.15) is 0 Å². The van der Waals surface area contributed by atoms with Crippen LogP contribution in [0.25, 0.3) is 0 Å². The molecule has 88 valence electrons. The summed E-state index contributed by atoms with van der Waals surface area (Å²) in [5.41, 5.74) is 1.19. The van der Waals surface area contributed by atoms with Gasteiger partial charge in [-0.05, 0) is 31.0 Å². The third-order valence-electron chi connectivity index (χ3n) is 3.07. The highest BCUT2D eigenvalue weighted by molar-refractivity contribution is 5.39. The molecule has 1 aromatic carbocycles. The van der Waals surface area contributed by atoms with E-state index >= 15 is 0 Å². The fourth-order valence-corrected chi connectivity index (χ4v) is 1.99. The Morgan fingerprint density at radius 3 is 2.12 bits per heavy atom. The van der Waals surface area contributed by atoms with Crippen LogP contribution in [0.5, 0.6) is 11.5 Å². The van der Waals surface area contributed by atoms with Gasteiger partial charge in [-0.1, -0.05) is 0 Å². The van der Waals surface area contributed by atoms with Crippen molar-refractivity contribution in [1.29, 1.82) is 0 Å². The van der Waals surface area contributed by atoms with E-state index in [9.17, 15) is 0 Å². The van der Waals surface area contributed by atoms with Gasteiger partial charge in [-0.3, -0.25) is 0 Å². The van der Waals surface area contributed by atoms with E-state index in [4.69, 9.17) is 14.2 Å². The summed E-state index contributed by atoms with van der Waals surface area (Å²) in [6.07, 6.45) is 2.02. The molecule has 3 nitrogen and oxygen atoms in total. The third kappa shape index (κ3) is 2.30. The zero-order valence-corrected chi connectivity index (χ0v) is 10.1. The lowest BCUT2D eigenvalue weighted by atomic mass is 9.89. The Balaban J connectivity index is 2.18. The van der Waals surface area contributed by atoms with Crippen LogP contribution in [0.3, 0.4) is 0 Å². The van der Waals surface area contributed by atoms with Crippen LogP contribution in [-0.2, 0) is 11.2 Å². The van der Waals surface area contributed by atoms with Crippen LogP contribution in [0.4, 0.5) is 0 Å². The lowest BCUT2D eigenvalue weighted by Crippen LogP contribution is -2.42. The van der Waals surface area contributed by atoms with Crippen molar-refractivity contribution in [1.82, 2.24) is 0 Å². The van der Waals surface area contributed by atoms with Crippen LogP contribution >= 0.6 is 0 Å². The number of methoxy groups -OCH3 is 2. The van der Waals surface area contributed by atoms with Crippen molar-refractivity contribution in [2.24, 2.45) is 0 Å². The maximum Gasteiger partial charge on any atom is 0.122 e. The van der Waals surface area contributed by atoms with Gasteiger partial charge in [0.25, 0.3) is 0 Å². The second-order valence-corrected chi connectivity index (χ2v) is 4.45. The molecule has 0 radical (unpaired) electrons. The maximum absolute atomic E-state index is 5.59. The van der Waals surface area contributed by atoms with Gasteiger partial charge in [0.1, 0.15) is 11.5 Å². The van der Waals surface area contributed by atoms with Crippen molar-refractivity contribution < 1.29 is 14.2 Å². The van der Waals surface area contributed by atoms with Crippen molar-refractivity contribution in [3.05, 3.63) is 23.8 Å². The van der Waals surface area contributed by atoms with Crippen LogP contribution in [0, 0.1) is 0 Å². The Morgan fingerprint density at radius 1 is 1.19 bits per heavy atom. The SMILES string of the molecule is COc1cc(CC2(C)CCO2)cc(OC)c1. The normalized spacial score (nSPS) is 23.7. The van der Waals surface area contributed by atoms with Crippen LogP contribution in [0.2, 0.25) is 0 Å². The molecule has 0 aliphatic carbocycles. The third-order valence-corrected chi connectivity index (χ3v) is 3.07. The highest BCUT2D eigenvalue weighted by atomic mass is 16.5. The second-order valence-electron chi connectivity index (χ2n) is 4.45. The van der Waals surface area contributed by atoms with Gasteiger partial charge in [-0.25, -0.2) is 0 Å². The van der Waals surface area contributed by atoms with Crippen LogP contribution in [0.1, 0.15) is 18.9 Å². The smallest absolute Gasteiger partial charge is 0.122 e. The minimum absolute atomic E-state index is 0.00260. The highest BCUT2D eigenvalue weighted by Gasteiger charge is 2.33. The molecule has 1 aromatic rings. The van der Waals surface area contributed by atoms with Crippen molar-refractivity contribution in [3.63, 3.8) is 0 Å². The van der Waals surface area contributed by atoms with Gasteiger partial charge in [-0.15, -0.1) is 0 Å². The van der Waals surface area contributed by atoms with Gasteiger partial charge in [0, 0.05) is 12.5 Å². The predicted octanol–water partition coefficient (Wildman–Crippen LogP) is 2.43. The molecule has 1 aliphatic rings. The molecular weight excluding hydrogens is 204 g/mol. The molecule has 1 fully saturated rings. The molecule has 0 N–H and O–H groups in total. The van der Waals surface area contributed by atoms with E-state index in [1.54, 1.807) is 14.2 Å². The van der Waals surface area contributed by atoms with Crippen molar-refractivity contribution in [2.45, 2.75) is 25.4 Å². The van der Waals surface area contributed by atoms with E-state index in [2.05, 4.69) is 6.92 Å². The average molecular weight is 222 g/mol. The largest absolute Gasteiger partial charge is 0.497 e. The summed E-state index contributed by atoms with van der Waals surface area (Å²) in [6.45, 7) is 3.01. The molecule has 0 saturated carbocycles. The Hall–Kier alpha value is -1.22. The van der Waals surface area contributed by atoms with Crippen LogP contribution in [-0.4, -0.2) is 26.4 Å². The van der Waals surface area contributed by atoms with Crippen molar-refractivity contribution in [2.75, 3.05) is 20.8 Å². The first-order valence-corrected chi connectivity index (χ1v) is 5.51. The molecule has 16 heavy (non-hydrogen) atoms. The summed E-state index contributed by atoms with van der Waals surface area (Å²) in [5.74, 6) is 1.66. The van der Waals surface area contributed by atoms with Gasteiger partial charge in [0.2, 0.25) is 0 Å². The first-order valence-electron chi connectivity index (χ1n) is 5.51.